The molecule has 0 aliphatic heterocycles. The monoisotopic (exact) mass is 271 g/mol. The van der Waals surface area contributed by atoms with Crippen molar-refractivity contribution in [3.8, 4) is 0 Å². The number of fused-ring (bicyclic) bond motifs is 1. The number of nitrogens with one attached hydrogen (secondary N) is 1. The highest BCUT2D eigenvalue weighted by molar-refractivity contribution is 5.76. The molecule has 0 spiro atoms. The standard InChI is InChI=1S/C15H17N3O2/c1-17-13-6-5-11(8-14(13)18(2)15(17)19)9-16-10-12-4-3-7-20-12/h3-8,16H,9-10H2,1-2H3. The zero-order valence-corrected chi connectivity index (χ0v) is 11.6. The molecule has 1 aromatic carbocycles. The van der Waals surface area contributed by atoms with Crippen molar-refractivity contribution in [1.82, 2.24) is 14.5 Å². The van der Waals surface area contributed by atoms with Crippen LogP contribution in [0.3, 0.4) is 0 Å². The average molecular weight is 271 g/mol. The third-order valence-electron chi connectivity index (χ3n) is 3.54. The Balaban J connectivity index is 1.79. The van der Waals surface area contributed by atoms with Gasteiger partial charge in [0.1, 0.15) is 5.76 Å². The molecular formula is C15H17N3O2. The van der Waals surface area contributed by atoms with Crippen molar-refractivity contribution in [3.63, 3.8) is 0 Å². The maximum Gasteiger partial charge on any atom is 0.328 e. The van der Waals surface area contributed by atoms with E-state index in [0.717, 1.165) is 28.9 Å². The van der Waals surface area contributed by atoms with Gasteiger partial charge in [0, 0.05) is 20.6 Å². The lowest BCUT2D eigenvalue weighted by Gasteiger charge is -2.04. The van der Waals surface area contributed by atoms with E-state index >= 15 is 0 Å². The van der Waals surface area contributed by atoms with Gasteiger partial charge in [-0.25, -0.2) is 4.79 Å². The van der Waals surface area contributed by atoms with Crippen LogP contribution in [0, 0.1) is 0 Å². The van der Waals surface area contributed by atoms with Crippen molar-refractivity contribution in [3.05, 3.63) is 58.4 Å². The zero-order chi connectivity index (χ0) is 14.1. The van der Waals surface area contributed by atoms with Crippen LogP contribution in [0.2, 0.25) is 0 Å². The number of hydrogen-bond donors (Lipinski definition) is 1. The molecule has 0 unspecified atom stereocenters. The van der Waals surface area contributed by atoms with Gasteiger partial charge >= 0.3 is 5.69 Å². The van der Waals surface area contributed by atoms with Crippen LogP contribution >= 0.6 is 0 Å². The Labute approximate surface area is 116 Å². The normalized spacial score (nSPS) is 11.3. The molecule has 0 fully saturated rings. The first-order chi connectivity index (χ1) is 9.66. The summed E-state index contributed by atoms with van der Waals surface area (Å²) in [5, 5.41) is 3.32. The lowest BCUT2D eigenvalue weighted by molar-refractivity contribution is 0.483. The van der Waals surface area contributed by atoms with Gasteiger partial charge in [-0.05, 0) is 29.8 Å². The minimum Gasteiger partial charge on any atom is -0.468 e. The van der Waals surface area contributed by atoms with Gasteiger partial charge in [-0.15, -0.1) is 0 Å². The second-order valence-corrected chi connectivity index (χ2v) is 4.91. The van der Waals surface area contributed by atoms with Crippen LogP contribution in [0.1, 0.15) is 11.3 Å². The zero-order valence-electron chi connectivity index (χ0n) is 11.6. The smallest absolute Gasteiger partial charge is 0.328 e. The van der Waals surface area contributed by atoms with E-state index in [-0.39, 0.29) is 5.69 Å². The van der Waals surface area contributed by atoms with Crippen molar-refractivity contribution in [2.75, 3.05) is 0 Å². The van der Waals surface area contributed by atoms with Gasteiger partial charge in [0.25, 0.3) is 0 Å². The Hall–Kier alpha value is -2.27. The van der Waals surface area contributed by atoms with Gasteiger partial charge in [-0.2, -0.15) is 0 Å². The second-order valence-electron chi connectivity index (χ2n) is 4.91. The van der Waals surface area contributed by atoms with Crippen LogP contribution in [-0.2, 0) is 27.2 Å². The van der Waals surface area contributed by atoms with Gasteiger partial charge in [-0.1, -0.05) is 6.07 Å². The summed E-state index contributed by atoms with van der Waals surface area (Å²) in [6.45, 7) is 1.43. The first kappa shape index (κ1) is 12.7. The predicted octanol–water partition coefficient (Wildman–Crippen LogP) is 1.76. The highest BCUT2D eigenvalue weighted by atomic mass is 16.3. The summed E-state index contributed by atoms with van der Waals surface area (Å²) in [4.78, 5) is 11.9. The number of furan rings is 1. The molecule has 20 heavy (non-hydrogen) atoms. The highest BCUT2D eigenvalue weighted by Gasteiger charge is 2.07. The predicted molar refractivity (Wildman–Crippen MR) is 77.4 cm³/mol. The van der Waals surface area contributed by atoms with E-state index in [9.17, 15) is 4.79 Å². The second kappa shape index (κ2) is 5.02. The Morgan fingerprint density at radius 1 is 1.10 bits per heavy atom. The van der Waals surface area contributed by atoms with E-state index in [2.05, 4.69) is 5.32 Å². The molecule has 3 rings (SSSR count). The molecule has 0 bridgehead atoms. The number of benzene rings is 1. The molecule has 0 saturated carbocycles. The van der Waals surface area contributed by atoms with Crippen LogP contribution in [0.25, 0.3) is 11.0 Å². The van der Waals surface area contributed by atoms with Gasteiger partial charge in [0.05, 0.1) is 23.8 Å². The van der Waals surface area contributed by atoms with Gasteiger partial charge < -0.3 is 9.73 Å². The van der Waals surface area contributed by atoms with E-state index in [1.807, 2.05) is 30.3 Å². The van der Waals surface area contributed by atoms with Crippen molar-refractivity contribution in [2.45, 2.75) is 13.1 Å². The number of rotatable bonds is 4. The molecule has 2 heterocycles. The summed E-state index contributed by atoms with van der Waals surface area (Å²) >= 11 is 0. The van der Waals surface area contributed by atoms with Crippen LogP contribution in [0.4, 0.5) is 0 Å². The largest absolute Gasteiger partial charge is 0.468 e. The number of imidazole rings is 1. The van der Waals surface area contributed by atoms with Crippen LogP contribution in [-0.4, -0.2) is 9.13 Å². The van der Waals surface area contributed by atoms with Gasteiger partial charge in [-0.3, -0.25) is 9.13 Å². The van der Waals surface area contributed by atoms with E-state index < -0.39 is 0 Å². The number of aromatic nitrogens is 2. The summed E-state index contributed by atoms with van der Waals surface area (Å²) in [5.74, 6) is 0.915. The first-order valence-corrected chi connectivity index (χ1v) is 6.54. The van der Waals surface area contributed by atoms with Gasteiger partial charge in [0.2, 0.25) is 0 Å². The molecule has 2 aromatic heterocycles. The Bertz CT molecular complexity index is 781. The molecule has 0 radical (unpaired) electrons. The molecule has 3 aromatic rings. The Kier molecular flexibility index (Phi) is 3.20. The van der Waals surface area contributed by atoms with E-state index in [1.165, 1.54) is 0 Å². The SMILES string of the molecule is Cn1c(=O)n(C)c2cc(CNCc3ccco3)ccc21. The summed E-state index contributed by atoms with van der Waals surface area (Å²) in [7, 11) is 3.59. The first-order valence-electron chi connectivity index (χ1n) is 6.54. The molecule has 0 saturated heterocycles. The number of nitrogens with zero attached hydrogens (tertiary/aromatic N) is 2. The van der Waals surface area contributed by atoms with Crippen molar-refractivity contribution in [1.29, 1.82) is 0 Å². The third-order valence-corrected chi connectivity index (χ3v) is 3.54. The number of aryl methyl sites for hydroxylation is 2. The fraction of sp³-hybridized carbons (Fsp3) is 0.267. The fourth-order valence-electron chi connectivity index (χ4n) is 2.41. The number of hydrogen-bond acceptors (Lipinski definition) is 3. The van der Waals surface area contributed by atoms with Crippen LogP contribution < -0.4 is 11.0 Å². The van der Waals surface area contributed by atoms with Crippen LogP contribution in [0.5, 0.6) is 0 Å². The molecule has 5 nitrogen and oxygen atoms in total. The van der Waals surface area contributed by atoms with Crippen molar-refractivity contribution < 1.29 is 4.42 Å². The molecule has 0 aliphatic rings. The summed E-state index contributed by atoms with van der Waals surface area (Å²) in [5.41, 5.74) is 3.05. The lowest BCUT2D eigenvalue weighted by Crippen LogP contribution is -2.19. The molecule has 0 atom stereocenters. The lowest BCUT2D eigenvalue weighted by atomic mass is 10.2. The summed E-state index contributed by atoms with van der Waals surface area (Å²) < 4.78 is 8.60. The third kappa shape index (κ3) is 2.16. The van der Waals surface area contributed by atoms with Gasteiger partial charge in [0.15, 0.2) is 0 Å². The molecule has 0 amide bonds. The fourth-order valence-corrected chi connectivity index (χ4v) is 2.41. The van der Waals surface area contributed by atoms with Crippen LogP contribution in [0.15, 0.2) is 45.8 Å². The highest BCUT2D eigenvalue weighted by Crippen LogP contribution is 2.14. The molecule has 5 heteroatoms. The quantitative estimate of drug-likeness (QED) is 0.786. The molecule has 104 valence electrons. The Morgan fingerprint density at radius 2 is 1.90 bits per heavy atom. The Morgan fingerprint density at radius 3 is 2.65 bits per heavy atom. The van der Waals surface area contributed by atoms with E-state index in [0.29, 0.717) is 6.54 Å². The minimum atomic E-state index is 0.000643. The minimum absolute atomic E-state index is 0.000643. The molecule has 1 N–H and O–H groups in total. The van der Waals surface area contributed by atoms with Crippen molar-refractivity contribution >= 4 is 11.0 Å². The average Bonchev–Trinajstić information content (AvgIpc) is 3.04. The molecule has 0 aliphatic carbocycles. The summed E-state index contributed by atoms with van der Waals surface area (Å²) in [6.07, 6.45) is 1.67. The summed E-state index contributed by atoms with van der Waals surface area (Å²) in [6, 6.07) is 9.89. The van der Waals surface area contributed by atoms with E-state index in [1.54, 1.807) is 29.5 Å². The molecular weight excluding hydrogens is 254 g/mol. The maximum absolute atomic E-state index is 11.9. The van der Waals surface area contributed by atoms with E-state index in [4.69, 9.17) is 4.42 Å². The maximum atomic E-state index is 11.9. The van der Waals surface area contributed by atoms with Crippen molar-refractivity contribution in [2.24, 2.45) is 14.1 Å². The topological polar surface area (TPSA) is 52.1 Å².